The van der Waals surface area contributed by atoms with E-state index in [0.29, 0.717) is 5.69 Å². The van der Waals surface area contributed by atoms with Crippen LogP contribution < -0.4 is 4.72 Å². The standard InChI is InChI=1S/C20H20N2O2S2/c1-13(2)22-12-18(15-5-4-14-8-9-25-20(14)10-15)17-7-6-16(11-19(17)22)21-26(3,23)24/h4-13,21H,1-3H3. The lowest BCUT2D eigenvalue weighted by Crippen LogP contribution is -2.09. The number of hydrogen-bond acceptors (Lipinski definition) is 3. The van der Waals surface area contributed by atoms with Crippen LogP contribution in [-0.2, 0) is 10.0 Å². The van der Waals surface area contributed by atoms with Gasteiger partial charge in [-0.1, -0.05) is 18.2 Å². The number of hydrogen-bond donors (Lipinski definition) is 1. The molecule has 0 radical (unpaired) electrons. The van der Waals surface area contributed by atoms with E-state index < -0.39 is 10.0 Å². The lowest BCUT2D eigenvalue weighted by molar-refractivity contribution is 0.607. The predicted molar refractivity (Wildman–Crippen MR) is 112 cm³/mol. The number of sulfonamides is 1. The molecule has 0 aliphatic carbocycles. The summed E-state index contributed by atoms with van der Waals surface area (Å²) < 4.78 is 29.2. The predicted octanol–water partition coefficient (Wildman–Crippen LogP) is 5.48. The van der Waals surface area contributed by atoms with E-state index in [4.69, 9.17) is 0 Å². The van der Waals surface area contributed by atoms with Crippen LogP contribution in [-0.4, -0.2) is 19.2 Å². The summed E-state index contributed by atoms with van der Waals surface area (Å²) in [6.45, 7) is 4.25. The van der Waals surface area contributed by atoms with Crippen molar-refractivity contribution < 1.29 is 8.42 Å². The Balaban J connectivity index is 1.92. The van der Waals surface area contributed by atoms with E-state index >= 15 is 0 Å². The highest BCUT2D eigenvalue weighted by molar-refractivity contribution is 7.92. The summed E-state index contributed by atoms with van der Waals surface area (Å²) in [7, 11) is -3.30. The molecule has 0 atom stereocenters. The van der Waals surface area contributed by atoms with Gasteiger partial charge in [0.1, 0.15) is 0 Å². The van der Waals surface area contributed by atoms with Gasteiger partial charge in [0.15, 0.2) is 0 Å². The minimum absolute atomic E-state index is 0.269. The normalized spacial score (nSPS) is 12.3. The number of anilines is 1. The molecule has 26 heavy (non-hydrogen) atoms. The number of thiophene rings is 1. The quantitative estimate of drug-likeness (QED) is 0.507. The lowest BCUT2D eigenvalue weighted by atomic mass is 10.0. The van der Waals surface area contributed by atoms with Gasteiger partial charge in [-0.3, -0.25) is 4.72 Å². The smallest absolute Gasteiger partial charge is 0.229 e. The maximum Gasteiger partial charge on any atom is 0.229 e. The molecule has 0 saturated carbocycles. The summed E-state index contributed by atoms with van der Waals surface area (Å²) in [4.78, 5) is 0. The Morgan fingerprint density at radius 3 is 2.62 bits per heavy atom. The zero-order chi connectivity index (χ0) is 18.5. The molecule has 6 heteroatoms. The van der Waals surface area contributed by atoms with Crippen LogP contribution in [0.3, 0.4) is 0 Å². The fraction of sp³-hybridized carbons (Fsp3) is 0.200. The fourth-order valence-corrected chi connectivity index (χ4v) is 4.69. The largest absolute Gasteiger partial charge is 0.344 e. The average molecular weight is 385 g/mol. The summed E-state index contributed by atoms with van der Waals surface area (Å²) in [6, 6.07) is 14.6. The number of fused-ring (bicyclic) bond motifs is 2. The van der Waals surface area contributed by atoms with Crippen molar-refractivity contribution in [1.29, 1.82) is 0 Å². The molecule has 4 nitrogen and oxygen atoms in total. The van der Waals surface area contributed by atoms with Gasteiger partial charge in [0, 0.05) is 27.9 Å². The molecule has 2 heterocycles. The number of rotatable bonds is 4. The second kappa shape index (κ2) is 6.14. The molecule has 0 unspecified atom stereocenters. The summed E-state index contributed by atoms with van der Waals surface area (Å²) in [6.07, 6.45) is 3.33. The molecule has 134 valence electrons. The molecule has 1 N–H and O–H groups in total. The molecule has 0 amide bonds. The van der Waals surface area contributed by atoms with Gasteiger partial charge in [-0.15, -0.1) is 11.3 Å². The van der Waals surface area contributed by atoms with Crippen LogP contribution in [0.15, 0.2) is 54.0 Å². The molecule has 0 aliphatic heterocycles. The Morgan fingerprint density at radius 1 is 1.08 bits per heavy atom. The summed E-state index contributed by atoms with van der Waals surface area (Å²) in [5.74, 6) is 0. The molecule has 2 aromatic carbocycles. The zero-order valence-corrected chi connectivity index (χ0v) is 16.5. The van der Waals surface area contributed by atoms with Gasteiger partial charge in [0.2, 0.25) is 10.0 Å². The number of nitrogens with zero attached hydrogens (tertiary/aromatic N) is 1. The van der Waals surface area contributed by atoms with Gasteiger partial charge in [0.25, 0.3) is 0 Å². The first-order chi connectivity index (χ1) is 12.3. The van der Waals surface area contributed by atoms with Crippen LogP contribution >= 0.6 is 11.3 Å². The van der Waals surface area contributed by atoms with Crippen LogP contribution in [0.2, 0.25) is 0 Å². The van der Waals surface area contributed by atoms with E-state index in [1.165, 1.54) is 21.9 Å². The fourth-order valence-electron chi connectivity index (χ4n) is 3.31. The third-order valence-corrected chi connectivity index (χ3v) is 5.95. The van der Waals surface area contributed by atoms with Crippen molar-refractivity contribution in [3.63, 3.8) is 0 Å². The Bertz CT molecular complexity index is 1220. The van der Waals surface area contributed by atoms with Crippen molar-refractivity contribution in [2.24, 2.45) is 0 Å². The van der Waals surface area contributed by atoms with E-state index in [2.05, 4.69) is 59.0 Å². The molecule has 0 bridgehead atoms. The van der Waals surface area contributed by atoms with Gasteiger partial charge in [-0.2, -0.15) is 0 Å². The average Bonchev–Trinajstić information content (AvgIpc) is 3.16. The highest BCUT2D eigenvalue weighted by Crippen LogP contribution is 2.36. The van der Waals surface area contributed by atoms with Gasteiger partial charge in [-0.25, -0.2) is 8.42 Å². The minimum atomic E-state index is -3.30. The van der Waals surface area contributed by atoms with Crippen molar-refractivity contribution in [3.05, 3.63) is 54.0 Å². The number of nitrogens with one attached hydrogen (secondary N) is 1. The van der Waals surface area contributed by atoms with Gasteiger partial charge < -0.3 is 4.57 Å². The molecule has 0 aliphatic rings. The maximum absolute atomic E-state index is 11.6. The van der Waals surface area contributed by atoms with E-state index in [0.717, 1.165) is 16.5 Å². The maximum atomic E-state index is 11.6. The van der Waals surface area contributed by atoms with Crippen LogP contribution in [0, 0.1) is 0 Å². The van der Waals surface area contributed by atoms with E-state index in [1.54, 1.807) is 11.3 Å². The second-order valence-electron chi connectivity index (χ2n) is 6.82. The summed E-state index contributed by atoms with van der Waals surface area (Å²) in [5, 5.41) is 4.48. The lowest BCUT2D eigenvalue weighted by Gasteiger charge is -2.10. The van der Waals surface area contributed by atoms with E-state index in [-0.39, 0.29) is 6.04 Å². The Labute approximate surface area is 157 Å². The minimum Gasteiger partial charge on any atom is -0.344 e. The first-order valence-electron chi connectivity index (χ1n) is 8.42. The van der Waals surface area contributed by atoms with Crippen LogP contribution in [0.1, 0.15) is 19.9 Å². The van der Waals surface area contributed by atoms with E-state index in [9.17, 15) is 8.42 Å². The van der Waals surface area contributed by atoms with Crippen LogP contribution in [0.25, 0.3) is 32.1 Å². The monoisotopic (exact) mass is 384 g/mol. The molecular weight excluding hydrogens is 364 g/mol. The van der Waals surface area contributed by atoms with Gasteiger partial charge in [-0.05, 0) is 54.4 Å². The van der Waals surface area contributed by atoms with E-state index in [1.807, 2.05) is 18.2 Å². The first kappa shape index (κ1) is 17.1. The zero-order valence-electron chi connectivity index (χ0n) is 14.9. The molecule has 2 aromatic heterocycles. The molecule has 0 spiro atoms. The topological polar surface area (TPSA) is 51.1 Å². The second-order valence-corrected chi connectivity index (χ2v) is 9.52. The van der Waals surface area contributed by atoms with Crippen LogP contribution in [0.5, 0.6) is 0 Å². The third-order valence-electron chi connectivity index (χ3n) is 4.46. The van der Waals surface area contributed by atoms with Crippen molar-refractivity contribution in [2.45, 2.75) is 19.9 Å². The SMILES string of the molecule is CC(C)n1cc(-c2ccc3ccsc3c2)c2ccc(NS(C)(=O)=O)cc21. The number of benzene rings is 2. The highest BCUT2D eigenvalue weighted by atomic mass is 32.2. The Hall–Kier alpha value is -2.31. The van der Waals surface area contributed by atoms with Crippen molar-refractivity contribution in [3.8, 4) is 11.1 Å². The van der Waals surface area contributed by atoms with Crippen LogP contribution in [0.4, 0.5) is 5.69 Å². The molecular formula is C20H20N2O2S2. The number of aromatic nitrogens is 1. The van der Waals surface area contributed by atoms with Gasteiger partial charge >= 0.3 is 0 Å². The molecule has 0 fully saturated rings. The molecule has 0 saturated heterocycles. The van der Waals surface area contributed by atoms with Crippen molar-refractivity contribution >= 4 is 48.0 Å². The van der Waals surface area contributed by atoms with Gasteiger partial charge in [0.05, 0.1) is 17.5 Å². The summed E-state index contributed by atoms with van der Waals surface area (Å²) >= 11 is 1.74. The molecule has 4 rings (SSSR count). The third kappa shape index (κ3) is 3.10. The summed E-state index contributed by atoms with van der Waals surface area (Å²) in [5.41, 5.74) is 3.94. The van der Waals surface area contributed by atoms with Crippen molar-refractivity contribution in [2.75, 3.05) is 11.0 Å². The first-order valence-corrected chi connectivity index (χ1v) is 11.2. The van der Waals surface area contributed by atoms with Crippen molar-refractivity contribution in [1.82, 2.24) is 4.57 Å². The Kier molecular flexibility index (Phi) is 4.04. The highest BCUT2D eigenvalue weighted by Gasteiger charge is 2.14. The molecule has 4 aromatic rings. The Morgan fingerprint density at radius 2 is 1.88 bits per heavy atom.